The summed E-state index contributed by atoms with van der Waals surface area (Å²) < 4.78 is 29.0. The Labute approximate surface area is 185 Å². The van der Waals surface area contributed by atoms with Crippen molar-refractivity contribution in [2.75, 3.05) is 6.54 Å². The van der Waals surface area contributed by atoms with Crippen molar-refractivity contribution < 1.29 is 23.4 Å². The van der Waals surface area contributed by atoms with Gasteiger partial charge in [0.05, 0.1) is 11.3 Å². The van der Waals surface area contributed by atoms with E-state index in [4.69, 9.17) is 5.11 Å². The van der Waals surface area contributed by atoms with Gasteiger partial charge in [0.25, 0.3) is 0 Å². The van der Waals surface area contributed by atoms with E-state index >= 15 is 0 Å². The van der Waals surface area contributed by atoms with Crippen molar-refractivity contribution in [2.24, 2.45) is 0 Å². The molecule has 0 aliphatic heterocycles. The Hall–Kier alpha value is -1.84. The molecule has 0 atom stereocenters. The molecule has 0 amide bonds. The molecule has 3 aromatic rings. The number of phenols is 1. The Kier molecular flexibility index (Phi) is 7.68. The molecule has 0 unspecified atom stereocenters. The maximum absolute atomic E-state index is 12.3. The first-order valence-electron chi connectivity index (χ1n) is 8.44. The fourth-order valence-electron chi connectivity index (χ4n) is 2.96. The van der Waals surface area contributed by atoms with Crippen molar-refractivity contribution in [3.8, 4) is 5.75 Å². The predicted molar refractivity (Wildman–Crippen MR) is 107 cm³/mol. The van der Waals surface area contributed by atoms with E-state index in [-0.39, 0.29) is 53.2 Å². The number of sulfonamides is 1. The molecule has 1 radical (unpaired) electrons. The van der Waals surface area contributed by atoms with Crippen LogP contribution in [0.25, 0.3) is 10.9 Å². The maximum Gasteiger partial charge on any atom is 0.305 e. The second-order valence-electron chi connectivity index (χ2n) is 6.15. The van der Waals surface area contributed by atoms with E-state index in [0.29, 0.717) is 13.0 Å². The summed E-state index contributed by atoms with van der Waals surface area (Å²) in [4.78, 5) is 11.1. The molecule has 1 heterocycles. The molecule has 0 aliphatic carbocycles. The molecule has 143 valence electrons. The number of benzene rings is 2. The minimum Gasteiger partial charge on any atom is -0.508 e. The standard InChI is InChI=1S/C19H20N2O5S.Na/c22-15-6-7-18-17(12-15)14(13-21(18)11-9-19(23)24)8-10-20-27(25,26)16-4-2-1-3-5-16;/h1-7,12-13,20,22H,8-11H2,(H,23,24);. The number of fused-ring (bicyclic) bond motifs is 1. The number of aromatic hydroxyl groups is 1. The third-order valence-corrected chi connectivity index (χ3v) is 5.73. The number of hydrogen-bond acceptors (Lipinski definition) is 4. The summed E-state index contributed by atoms with van der Waals surface area (Å²) in [6.45, 7) is 0.483. The summed E-state index contributed by atoms with van der Waals surface area (Å²) in [6, 6.07) is 13.0. The minimum absolute atomic E-state index is 0. The summed E-state index contributed by atoms with van der Waals surface area (Å²) in [5, 5.41) is 19.5. The zero-order chi connectivity index (χ0) is 19.4. The zero-order valence-corrected chi connectivity index (χ0v) is 18.3. The van der Waals surface area contributed by atoms with Crippen LogP contribution in [0, 0.1) is 0 Å². The second-order valence-corrected chi connectivity index (χ2v) is 7.92. The smallest absolute Gasteiger partial charge is 0.305 e. The molecule has 7 nitrogen and oxygen atoms in total. The topological polar surface area (TPSA) is 109 Å². The number of nitrogens with one attached hydrogen (secondary N) is 1. The van der Waals surface area contributed by atoms with Crippen LogP contribution in [-0.2, 0) is 27.8 Å². The van der Waals surface area contributed by atoms with Gasteiger partial charge in [-0.05, 0) is 42.3 Å². The van der Waals surface area contributed by atoms with Gasteiger partial charge in [-0.25, -0.2) is 13.1 Å². The van der Waals surface area contributed by atoms with E-state index in [1.165, 1.54) is 12.1 Å². The van der Waals surface area contributed by atoms with Gasteiger partial charge in [0.15, 0.2) is 0 Å². The Morgan fingerprint density at radius 2 is 1.82 bits per heavy atom. The molecule has 3 rings (SSSR count). The number of aryl methyl sites for hydroxylation is 1. The molecular formula is C19H20N2NaO5S. The molecule has 0 aliphatic rings. The summed E-state index contributed by atoms with van der Waals surface area (Å²) in [5.74, 6) is -0.794. The number of hydrogen-bond donors (Lipinski definition) is 3. The van der Waals surface area contributed by atoms with E-state index in [2.05, 4.69) is 4.72 Å². The van der Waals surface area contributed by atoms with Gasteiger partial charge in [0, 0.05) is 59.7 Å². The van der Waals surface area contributed by atoms with Crippen LogP contribution in [0.2, 0.25) is 0 Å². The molecular weight excluding hydrogens is 391 g/mol. The number of rotatable bonds is 8. The molecule has 0 fully saturated rings. The van der Waals surface area contributed by atoms with Gasteiger partial charge in [0.2, 0.25) is 10.0 Å². The minimum atomic E-state index is -3.59. The Balaban J connectivity index is 0.00000280. The van der Waals surface area contributed by atoms with Crippen molar-refractivity contribution in [3.05, 3.63) is 60.3 Å². The van der Waals surface area contributed by atoms with Crippen molar-refractivity contribution >= 4 is 56.5 Å². The fourth-order valence-corrected chi connectivity index (χ4v) is 4.02. The third kappa shape index (κ3) is 5.36. The van der Waals surface area contributed by atoms with Crippen molar-refractivity contribution in [1.29, 1.82) is 0 Å². The molecule has 3 N–H and O–H groups in total. The van der Waals surface area contributed by atoms with Crippen molar-refractivity contribution in [3.63, 3.8) is 0 Å². The molecule has 2 aromatic carbocycles. The van der Waals surface area contributed by atoms with E-state index in [0.717, 1.165) is 16.5 Å². The Bertz CT molecular complexity index is 1060. The van der Waals surface area contributed by atoms with Gasteiger partial charge in [-0.3, -0.25) is 4.79 Å². The predicted octanol–water partition coefficient (Wildman–Crippen LogP) is 1.96. The van der Waals surface area contributed by atoms with Gasteiger partial charge in [-0.2, -0.15) is 0 Å². The third-order valence-electron chi connectivity index (χ3n) is 4.25. The van der Waals surface area contributed by atoms with Gasteiger partial charge in [-0.15, -0.1) is 0 Å². The van der Waals surface area contributed by atoms with Gasteiger partial charge in [-0.1, -0.05) is 18.2 Å². The summed E-state index contributed by atoms with van der Waals surface area (Å²) in [7, 11) is -3.59. The fraction of sp³-hybridized carbons (Fsp3) is 0.211. The normalized spacial score (nSPS) is 11.3. The van der Waals surface area contributed by atoms with Crippen LogP contribution in [0.15, 0.2) is 59.6 Å². The van der Waals surface area contributed by atoms with Crippen LogP contribution in [-0.4, -0.2) is 65.3 Å². The monoisotopic (exact) mass is 411 g/mol. The van der Waals surface area contributed by atoms with E-state index in [1.807, 2.05) is 10.8 Å². The first-order chi connectivity index (χ1) is 12.9. The van der Waals surface area contributed by atoms with Crippen LogP contribution in [0.4, 0.5) is 0 Å². The van der Waals surface area contributed by atoms with Crippen molar-refractivity contribution in [2.45, 2.75) is 24.3 Å². The van der Waals surface area contributed by atoms with Crippen LogP contribution in [0.5, 0.6) is 5.75 Å². The number of carboxylic acids is 1. The first kappa shape index (κ1) is 22.4. The Morgan fingerprint density at radius 1 is 1.11 bits per heavy atom. The van der Waals surface area contributed by atoms with E-state index < -0.39 is 16.0 Å². The first-order valence-corrected chi connectivity index (χ1v) is 9.92. The summed E-state index contributed by atoms with van der Waals surface area (Å²) in [5.41, 5.74) is 1.64. The summed E-state index contributed by atoms with van der Waals surface area (Å²) in [6.07, 6.45) is 2.20. The van der Waals surface area contributed by atoms with Gasteiger partial charge in [0.1, 0.15) is 5.75 Å². The van der Waals surface area contributed by atoms with Crippen LogP contribution >= 0.6 is 0 Å². The average Bonchev–Trinajstić information content (AvgIpc) is 2.97. The average molecular weight is 411 g/mol. The molecule has 0 spiro atoms. The van der Waals surface area contributed by atoms with Crippen molar-refractivity contribution in [1.82, 2.24) is 9.29 Å². The number of aromatic nitrogens is 1. The zero-order valence-electron chi connectivity index (χ0n) is 15.5. The molecule has 0 saturated carbocycles. The van der Waals surface area contributed by atoms with Gasteiger partial charge < -0.3 is 14.8 Å². The molecule has 0 saturated heterocycles. The molecule has 28 heavy (non-hydrogen) atoms. The van der Waals surface area contributed by atoms with Crippen LogP contribution in [0.1, 0.15) is 12.0 Å². The van der Waals surface area contributed by atoms with Crippen LogP contribution in [0.3, 0.4) is 0 Å². The SMILES string of the molecule is O=C(O)CCn1cc(CCNS(=O)(=O)c2ccccc2)c2cc(O)ccc21.[Na]. The number of aliphatic carboxylic acids is 1. The van der Waals surface area contributed by atoms with E-state index in [9.17, 15) is 18.3 Å². The molecule has 0 bridgehead atoms. The molecule has 9 heteroatoms. The number of nitrogens with zero attached hydrogens (tertiary/aromatic N) is 1. The maximum atomic E-state index is 12.3. The molecule has 1 aromatic heterocycles. The number of carboxylic acid groups (broad SMARTS) is 1. The quantitative estimate of drug-likeness (QED) is 0.491. The van der Waals surface area contributed by atoms with Gasteiger partial charge >= 0.3 is 5.97 Å². The number of carbonyl (C=O) groups is 1. The summed E-state index contributed by atoms with van der Waals surface area (Å²) >= 11 is 0. The van der Waals surface area contributed by atoms with E-state index in [1.54, 1.807) is 36.4 Å². The Morgan fingerprint density at radius 3 is 2.50 bits per heavy atom. The second kappa shape index (κ2) is 9.58. The number of phenolic OH excluding ortho intramolecular Hbond substituents is 1. The largest absolute Gasteiger partial charge is 0.508 e. The van der Waals surface area contributed by atoms with Crippen LogP contribution < -0.4 is 4.72 Å².